The Kier molecular flexibility index (Phi) is 13.3. The van der Waals surface area contributed by atoms with Gasteiger partial charge in [0.05, 0.1) is 0 Å². The third kappa shape index (κ3) is 8.90. The molecule has 1 fully saturated rings. The van der Waals surface area contributed by atoms with Gasteiger partial charge in [-0.2, -0.15) is 0 Å². The number of aliphatic imine (C=N–C) groups is 1. The second-order valence-corrected chi connectivity index (χ2v) is 9.29. The summed E-state index contributed by atoms with van der Waals surface area (Å²) >= 11 is 1.67. The summed E-state index contributed by atoms with van der Waals surface area (Å²) in [5.41, 5.74) is 0. The van der Waals surface area contributed by atoms with Crippen LogP contribution in [0.5, 0.6) is 0 Å². The van der Waals surface area contributed by atoms with E-state index in [0.717, 1.165) is 62.5 Å². The van der Waals surface area contributed by atoms with Crippen molar-refractivity contribution in [2.24, 2.45) is 10.9 Å². The molecule has 2 rings (SSSR count). The fourth-order valence-electron chi connectivity index (χ4n) is 3.71. The van der Waals surface area contributed by atoms with Gasteiger partial charge >= 0.3 is 0 Å². The number of halogens is 1. The highest BCUT2D eigenvalue weighted by atomic mass is 127. The topological polar surface area (TPSA) is 70.4 Å². The number of aryl methyl sites for hydroxylation is 1. The third-order valence-electron chi connectivity index (χ3n) is 5.30. The van der Waals surface area contributed by atoms with Crippen LogP contribution in [0.2, 0.25) is 0 Å². The van der Waals surface area contributed by atoms with Gasteiger partial charge in [-0.3, -0.25) is 4.99 Å². The van der Waals surface area contributed by atoms with Crippen molar-refractivity contribution in [2.75, 3.05) is 32.4 Å². The molecule has 2 N–H and O–H groups in total. The molecule has 0 aliphatic carbocycles. The van der Waals surface area contributed by atoms with Crippen LogP contribution in [-0.2, 0) is 13.0 Å². The first kappa shape index (κ1) is 27.5. The summed E-state index contributed by atoms with van der Waals surface area (Å²) in [5, 5.41) is 16.8. The minimum Gasteiger partial charge on any atom is -0.357 e. The lowest BCUT2D eigenvalue weighted by atomic mass is 10.0. The summed E-state index contributed by atoms with van der Waals surface area (Å²) in [6, 6.07) is 1.16. The number of nitrogens with zero attached hydrogens (tertiary/aromatic N) is 5. The summed E-state index contributed by atoms with van der Waals surface area (Å²) in [4.78, 5) is 7.37. The van der Waals surface area contributed by atoms with E-state index in [1.807, 2.05) is 0 Å². The molecule has 7 nitrogen and oxygen atoms in total. The predicted molar refractivity (Wildman–Crippen MR) is 139 cm³/mol. The lowest BCUT2D eigenvalue weighted by Gasteiger charge is -2.35. The quantitative estimate of drug-likeness (QED) is 0.152. The van der Waals surface area contributed by atoms with Crippen molar-refractivity contribution in [1.29, 1.82) is 0 Å². The van der Waals surface area contributed by atoms with Crippen molar-refractivity contribution in [3.05, 3.63) is 5.82 Å². The fourth-order valence-corrected chi connectivity index (χ4v) is 4.23. The van der Waals surface area contributed by atoms with Crippen molar-refractivity contribution in [3.63, 3.8) is 0 Å². The standard InChI is InChI=1S/C21H41N7S.HI/c1-7-22-20(24-18-10-13-27(14-11-18)17(4)5)23-12-8-9-19-25-26-21(29-6)28(19)15-16(2)3;/h16-18H,7-15H2,1-6H3,(H2,22,23,24);1H. The molecule has 1 aliphatic rings. The Bertz CT molecular complexity index is 625. The number of piperidine rings is 1. The van der Waals surface area contributed by atoms with Crippen LogP contribution in [0.1, 0.15) is 59.7 Å². The van der Waals surface area contributed by atoms with Gasteiger partial charge in [0.15, 0.2) is 11.1 Å². The molecule has 0 unspecified atom stereocenters. The molecule has 0 atom stereocenters. The largest absolute Gasteiger partial charge is 0.357 e. The highest BCUT2D eigenvalue weighted by molar-refractivity contribution is 14.0. The van der Waals surface area contributed by atoms with E-state index in [1.54, 1.807) is 11.8 Å². The maximum absolute atomic E-state index is 4.81. The van der Waals surface area contributed by atoms with E-state index in [1.165, 1.54) is 12.8 Å². The SMILES string of the molecule is CCNC(=NCCCc1nnc(SC)n1CC(C)C)NC1CCN(C(C)C)CC1.I. The van der Waals surface area contributed by atoms with Crippen LogP contribution in [0.25, 0.3) is 0 Å². The van der Waals surface area contributed by atoms with E-state index >= 15 is 0 Å². The zero-order valence-corrected chi connectivity index (χ0v) is 22.8. The summed E-state index contributed by atoms with van der Waals surface area (Å²) in [5.74, 6) is 2.61. The van der Waals surface area contributed by atoms with Gasteiger partial charge in [0.1, 0.15) is 5.82 Å². The first-order valence-electron chi connectivity index (χ1n) is 11.2. The molecular formula is C21H42IN7S. The van der Waals surface area contributed by atoms with Gasteiger partial charge in [0.2, 0.25) is 0 Å². The normalized spacial score (nSPS) is 16.2. The van der Waals surface area contributed by atoms with Gasteiger partial charge in [-0.25, -0.2) is 0 Å². The first-order chi connectivity index (χ1) is 13.9. The fraction of sp³-hybridized carbons (Fsp3) is 0.857. The number of thioether (sulfide) groups is 1. The molecule has 9 heteroatoms. The van der Waals surface area contributed by atoms with E-state index in [9.17, 15) is 0 Å². The minimum atomic E-state index is 0. The molecule has 0 amide bonds. The summed E-state index contributed by atoms with van der Waals surface area (Å²) < 4.78 is 2.27. The number of aromatic nitrogens is 3. The van der Waals surface area contributed by atoms with Crippen molar-refractivity contribution >= 4 is 41.7 Å². The van der Waals surface area contributed by atoms with Gasteiger partial charge < -0.3 is 20.1 Å². The van der Waals surface area contributed by atoms with Gasteiger partial charge in [-0.1, -0.05) is 25.6 Å². The van der Waals surface area contributed by atoms with Gasteiger partial charge in [0, 0.05) is 51.2 Å². The minimum absolute atomic E-state index is 0. The van der Waals surface area contributed by atoms with Crippen molar-refractivity contribution in [1.82, 2.24) is 30.3 Å². The number of rotatable bonds is 10. The Morgan fingerprint density at radius 3 is 2.47 bits per heavy atom. The van der Waals surface area contributed by atoms with Crippen LogP contribution in [0.15, 0.2) is 10.1 Å². The molecular weight excluding hydrogens is 509 g/mol. The molecule has 1 saturated heterocycles. The summed E-state index contributed by atoms with van der Waals surface area (Å²) in [7, 11) is 0. The summed E-state index contributed by atoms with van der Waals surface area (Å²) in [6.45, 7) is 16.1. The molecule has 174 valence electrons. The molecule has 1 aromatic heterocycles. The van der Waals surface area contributed by atoms with Crippen LogP contribution in [0.3, 0.4) is 0 Å². The summed E-state index contributed by atoms with van der Waals surface area (Å²) in [6.07, 6.45) is 6.31. The number of guanidine groups is 1. The highest BCUT2D eigenvalue weighted by Gasteiger charge is 2.21. The predicted octanol–water partition coefficient (Wildman–Crippen LogP) is 3.63. The smallest absolute Gasteiger partial charge is 0.191 e. The Hall–Kier alpha value is -0.550. The van der Waals surface area contributed by atoms with E-state index < -0.39 is 0 Å². The van der Waals surface area contributed by atoms with Crippen LogP contribution < -0.4 is 10.6 Å². The Morgan fingerprint density at radius 2 is 1.90 bits per heavy atom. The molecule has 0 saturated carbocycles. The maximum Gasteiger partial charge on any atom is 0.191 e. The molecule has 1 aromatic rings. The van der Waals surface area contributed by atoms with Gasteiger partial charge in [-0.15, -0.1) is 34.2 Å². The number of hydrogen-bond acceptors (Lipinski definition) is 5. The Labute approximate surface area is 204 Å². The van der Waals surface area contributed by atoms with E-state index in [4.69, 9.17) is 4.99 Å². The van der Waals surface area contributed by atoms with Gasteiger partial charge in [-0.05, 0) is 52.2 Å². The first-order valence-corrected chi connectivity index (χ1v) is 12.4. The third-order valence-corrected chi connectivity index (χ3v) is 5.96. The van der Waals surface area contributed by atoms with Crippen molar-refractivity contribution in [2.45, 2.75) is 84.1 Å². The lowest BCUT2D eigenvalue weighted by molar-refractivity contribution is 0.167. The average Bonchev–Trinajstić information content (AvgIpc) is 3.06. The zero-order valence-electron chi connectivity index (χ0n) is 19.6. The molecule has 0 radical (unpaired) electrons. The Morgan fingerprint density at radius 1 is 1.20 bits per heavy atom. The Balaban J connectivity index is 0.00000450. The number of hydrogen-bond donors (Lipinski definition) is 2. The van der Waals surface area contributed by atoms with Gasteiger partial charge in [0.25, 0.3) is 0 Å². The second kappa shape index (κ2) is 14.5. The maximum atomic E-state index is 4.81. The average molecular weight is 552 g/mol. The molecule has 2 heterocycles. The van der Waals surface area contributed by atoms with Crippen LogP contribution in [0, 0.1) is 5.92 Å². The lowest BCUT2D eigenvalue weighted by Crippen LogP contribution is -2.49. The number of nitrogens with one attached hydrogen (secondary N) is 2. The molecule has 0 aromatic carbocycles. The van der Waals surface area contributed by atoms with E-state index in [0.29, 0.717) is 18.0 Å². The molecule has 0 spiro atoms. The van der Waals surface area contributed by atoms with Crippen LogP contribution in [-0.4, -0.2) is 70.1 Å². The second-order valence-electron chi connectivity index (χ2n) is 8.52. The van der Waals surface area contributed by atoms with Crippen molar-refractivity contribution < 1.29 is 0 Å². The van der Waals surface area contributed by atoms with E-state index in [2.05, 4.69) is 71.2 Å². The molecule has 30 heavy (non-hydrogen) atoms. The number of likely N-dealkylation sites (tertiary alicyclic amines) is 1. The van der Waals surface area contributed by atoms with E-state index in [-0.39, 0.29) is 24.0 Å². The zero-order chi connectivity index (χ0) is 21.2. The monoisotopic (exact) mass is 551 g/mol. The molecule has 1 aliphatic heterocycles. The van der Waals surface area contributed by atoms with Crippen LogP contribution >= 0.6 is 35.7 Å². The van der Waals surface area contributed by atoms with Crippen LogP contribution in [0.4, 0.5) is 0 Å². The highest BCUT2D eigenvalue weighted by Crippen LogP contribution is 2.17. The van der Waals surface area contributed by atoms with Crippen molar-refractivity contribution in [3.8, 4) is 0 Å². The molecule has 0 bridgehead atoms.